The summed E-state index contributed by atoms with van der Waals surface area (Å²) < 4.78 is 6.23. The van der Waals surface area contributed by atoms with E-state index in [2.05, 4.69) is 39.8 Å². The van der Waals surface area contributed by atoms with Gasteiger partial charge in [-0.25, -0.2) is 0 Å². The summed E-state index contributed by atoms with van der Waals surface area (Å²) in [6, 6.07) is 10.2. The summed E-state index contributed by atoms with van der Waals surface area (Å²) in [5, 5.41) is 10.6. The van der Waals surface area contributed by atoms with Crippen LogP contribution in [0.15, 0.2) is 30.3 Å². The number of rotatable bonds is 14. The third-order valence-corrected chi connectivity index (χ3v) is 22.3. The standard InChI is InChI=1S/C11H15O.3C4H9.Sn/c1-9(2)8-11(12)10-6-4-3-5-7-10;3*1-3-4-2;/h3-7,9,11-12H,1,8H2,2H3;3*1,3-4H2,2H3;/t9-,11+;;;;/m1..../s1. The van der Waals surface area contributed by atoms with Crippen molar-refractivity contribution in [3.05, 3.63) is 35.9 Å². The third kappa shape index (κ3) is 8.95. The maximum absolute atomic E-state index is 10.6. The molecule has 1 N–H and O–H groups in total. The van der Waals surface area contributed by atoms with Crippen LogP contribution in [0.5, 0.6) is 0 Å². The van der Waals surface area contributed by atoms with Crippen molar-refractivity contribution in [3.8, 4) is 0 Å². The summed E-state index contributed by atoms with van der Waals surface area (Å²) in [5.74, 6) is 0.663. The first-order chi connectivity index (χ1) is 12.1. The summed E-state index contributed by atoms with van der Waals surface area (Å²) in [6.45, 7) is 9.44. The topological polar surface area (TPSA) is 20.2 Å². The summed E-state index contributed by atoms with van der Waals surface area (Å²) in [5.41, 5.74) is 1.09. The normalized spacial score (nSPS) is 14.4. The molecule has 0 saturated carbocycles. The quantitative estimate of drug-likeness (QED) is 0.288. The fourth-order valence-corrected chi connectivity index (χ4v) is 22.4. The molecular weight excluding hydrogens is 411 g/mol. The van der Waals surface area contributed by atoms with Crippen molar-refractivity contribution >= 4 is 18.4 Å². The zero-order valence-corrected chi connectivity index (χ0v) is 20.1. The van der Waals surface area contributed by atoms with Gasteiger partial charge in [-0.3, -0.25) is 0 Å². The Balaban J connectivity index is 2.74. The molecule has 0 spiro atoms. The molecule has 0 amide bonds. The van der Waals surface area contributed by atoms with Crippen molar-refractivity contribution in [2.45, 2.75) is 96.5 Å². The number of unbranched alkanes of at least 4 members (excludes halogenated alkanes) is 3. The van der Waals surface area contributed by atoms with Gasteiger partial charge in [0.1, 0.15) is 0 Å². The van der Waals surface area contributed by atoms with Crippen LogP contribution < -0.4 is 0 Å². The Morgan fingerprint density at radius 3 is 1.76 bits per heavy atom. The summed E-state index contributed by atoms with van der Waals surface area (Å²) in [6.07, 6.45) is 9.01. The predicted molar refractivity (Wildman–Crippen MR) is 115 cm³/mol. The van der Waals surface area contributed by atoms with Crippen molar-refractivity contribution in [3.63, 3.8) is 0 Å². The first-order valence-electron chi connectivity index (χ1n) is 10.8. The second kappa shape index (κ2) is 13.2. The first kappa shape index (κ1) is 23.0. The molecule has 0 saturated heterocycles. The Hall–Kier alpha value is -0.0213. The molecule has 1 aromatic carbocycles. The van der Waals surface area contributed by atoms with Crippen molar-refractivity contribution < 1.29 is 5.11 Å². The molecule has 1 nitrogen and oxygen atoms in total. The van der Waals surface area contributed by atoms with Crippen LogP contribution in [0.25, 0.3) is 0 Å². The Morgan fingerprint density at radius 2 is 1.32 bits per heavy atom. The van der Waals surface area contributed by atoms with E-state index in [0.29, 0.717) is 5.92 Å². The van der Waals surface area contributed by atoms with Crippen LogP contribution >= 0.6 is 0 Å². The van der Waals surface area contributed by atoms with E-state index in [1.54, 1.807) is 13.3 Å². The molecule has 0 aliphatic rings. The molecule has 0 aromatic heterocycles. The molecular formula is C23H42OSn. The van der Waals surface area contributed by atoms with E-state index in [9.17, 15) is 5.11 Å². The van der Waals surface area contributed by atoms with Gasteiger partial charge in [-0.2, -0.15) is 0 Å². The van der Waals surface area contributed by atoms with Crippen LogP contribution in [0, 0.1) is 5.92 Å². The predicted octanol–water partition coefficient (Wildman–Crippen LogP) is 7.60. The van der Waals surface area contributed by atoms with Crippen molar-refractivity contribution in [1.29, 1.82) is 0 Å². The fourth-order valence-electron chi connectivity index (χ4n) is 4.35. The molecule has 0 bridgehead atoms. The van der Waals surface area contributed by atoms with E-state index in [1.165, 1.54) is 43.0 Å². The van der Waals surface area contributed by atoms with Gasteiger partial charge in [0.2, 0.25) is 0 Å². The first-order valence-corrected chi connectivity index (χ1v) is 18.9. The number of aliphatic hydroxyl groups is 1. The Bertz CT molecular complexity index is 409. The van der Waals surface area contributed by atoms with E-state index in [1.807, 2.05) is 18.2 Å². The second-order valence-electron chi connectivity index (χ2n) is 8.28. The molecule has 1 aromatic rings. The van der Waals surface area contributed by atoms with Gasteiger partial charge in [-0.1, -0.05) is 0 Å². The zero-order chi connectivity index (χ0) is 18.5. The van der Waals surface area contributed by atoms with Gasteiger partial charge in [-0.05, 0) is 0 Å². The van der Waals surface area contributed by atoms with Gasteiger partial charge >= 0.3 is 162 Å². The maximum atomic E-state index is 10.6. The van der Waals surface area contributed by atoms with E-state index in [-0.39, 0.29) is 6.10 Å². The van der Waals surface area contributed by atoms with Gasteiger partial charge in [0, 0.05) is 0 Å². The molecule has 144 valence electrons. The van der Waals surface area contributed by atoms with Crippen LogP contribution in [-0.2, 0) is 0 Å². The number of hydrogen-bond acceptors (Lipinski definition) is 1. The molecule has 0 aliphatic carbocycles. The van der Waals surface area contributed by atoms with Gasteiger partial charge in [0.15, 0.2) is 0 Å². The summed E-state index contributed by atoms with van der Waals surface area (Å²) in [4.78, 5) is 0. The molecule has 0 heterocycles. The SMILES string of the molecule is CCC[CH2][Sn]([CH2]CCC)([CH2]CCC)[CH2][C@H](C)C[C@H](O)c1ccccc1. The average molecular weight is 453 g/mol. The van der Waals surface area contributed by atoms with Gasteiger partial charge in [-0.15, -0.1) is 0 Å². The molecule has 25 heavy (non-hydrogen) atoms. The number of hydrogen-bond donors (Lipinski definition) is 1. The zero-order valence-electron chi connectivity index (χ0n) is 17.3. The van der Waals surface area contributed by atoms with E-state index in [4.69, 9.17) is 0 Å². The van der Waals surface area contributed by atoms with Crippen molar-refractivity contribution in [2.75, 3.05) is 0 Å². The summed E-state index contributed by atoms with van der Waals surface area (Å²) >= 11 is -2.07. The fraction of sp³-hybridized carbons (Fsp3) is 0.739. The van der Waals surface area contributed by atoms with Crippen LogP contribution in [-0.4, -0.2) is 23.5 Å². The van der Waals surface area contributed by atoms with Crippen LogP contribution in [0.3, 0.4) is 0 Å². The van der Waals surface area contributed by atoms with E-state index < -0.39 is 18.4 Å². The van der Waals surface area contributed by atoms with E-state index >= 15 is 0 Å². The van der Waals surface area contributed by atoms with Gasteiger partial charge in [0.25, 0.3) is 0 Å². The molecule has 0 unspecified atom stereocenters. The minimum atomic E-state index is -2.07. The molecule has 2 atom stereocenters. The van der Waals surface area contributed by atoms with Crippen molar-refractivity contribution in [2.24, 2.45) is 5.92 Å². The van der Waals surface area contributed by atoms with Crippen molar-refractivity contribution in [1.82, 2.24) is 0 Å². The molecule has 0 aliphatic heterocycles. The average Bonchev–Trinajstić information content (AvgIpc) is 2.63. The van der Waals surface area contributed by atoms with Crippen LogP contribution in [0.4, 0.5) is 0 Å². The minimum absolute atomic E-state index is 0.288. The molecule has 1 rings (SSSR count). The Labute approximate surface area is 161 Å². The summed E-state index contributed by atoms with van der Waals surface area (Å²) in [7, 11) is 0. The van der Waals surface area contributed by atoms with E-state index in [0.717, 1.165) is 12.0 Å². The monoisotopic (exact) mass is 454 g/mol. The molecule has 0 radical (unpaired) electrons. The Kier molecular flexibility index (Phi) is 12.1. The molecule has 2 heteroatoms. The number of benzene rings is 1. The second-order valence-corrected chi connectivity index (χ2v) is 22.3. The Morgan fingerprint density at radius 1 is 0.840 bits per heavy atom. The molecule has 0 fully saturated rings. The third-order valence-electron chi connectivity index (χ3n) is 5.77. The van der Waals surface area contributed by atoms with Gasteiger partial charge in [0.05, 0.1) is 0 Å². The number of aliphatic hydroxyl groups excluding tert-OH is 1. The van der Waals surface area contributed by atoms with Crippen LogP contribution in [0.1, 0.15) is 84.3 Å². The van der Waals surface area contributed by atoms with Gasteiger partial charge < -0.3 is 0 Å². The van der Waals surface area contributed by atoms with Crippen LogP contribution in [0.2, 0.25) is 17.7 Å².